The zero-order chi connectivity index (χ0) is 14.2. The molecule has 0 atom stereocenters. The fraction of sp³-hybridized carbons (Fsp3) is 0.625. The van der Waals surface area contributed by atoms with Crippen molar-refractivity contribution in [1.29, 1.82) is 0 Å². The highest BCUT2D eigenvalue weighted by atomic mass is 16.5. The molecule has 1 aliphatic rings. The number of benzene rings is 1. The van der Waals surface area contributed by atoms with Gasteiger partial charge in [-0.2, -0.15) is 0 Å². The van der Waals surface area contributed by atoms with Crippen LogP contribution < -0.4 is 14.8 Å². The lowest BCUT2D eigenvalue weighted by molar-refractivity contribution is 0.0602. The molecule has 1 aromatic carbocycles. The van der Waals surface area contributed by atoms with Gasteiger partial charge in [-0.1, -0.05) is 18.9 Å². The second-order valence-corrected chi connectivity index (χ2v) is 5.13. The van der Waals surface area contributed by atoms with Crippen molar-refractivity contribution in [3.8, 4) is 11.5 Å². The maximum Gasteiger partial charge on any atom is 0.127 e. The highest BCUT2D eigenvalue weighted by molar-refractivity contribution is 5.40. The number of nitrogens with one attached hydrogen (secondary N) is 1. The van der Waals surface area contributed by atoms with Crippen molar-refractivity contribution in [3.05, 3.63) is 23.8 Å². The summed E-state index contributed by atoms with van der Waals surface area (Å²) < 4.78 is 16.4. The Morgan fingerprint density at radius 2 is 1.95 bits per heavy atom. The average Bonchev–Trinajstić information content (AvgIpc) is 3.00. The Balaban J connectivity index is 1.70. The van der Waals surface area contributed by atoms with Crippen LogP contribution in [0, 0.1) is 0 Å². The molecule has 0 heterocycles. The third-order valence-corrected chi connectivity index (χ3v) is 3.74. The second-order valence-electron chi connectivity index (χ2n) is 5.13. The van der Waals surface area contributed by atoms with Crippen molar-refractivity contribution in [2.45, 2.75) is 38.3 Å². The SMILES string of the molecule is COc1ccc(CNCCOC2CCCC2)c(OC)c1. The van der Waals surface area contributed by atoms with Crippen LogP contribution in [0.25, 0.3) is 0 Å². The summed E-state index contributed by atoms with van der Waals surface area (Å²) in [5, 5.41) is 3.39. The topological polar surface area (TPSA) is 39.7 Å². The van der Waals surface area contributed by atoms with Crippen molar-refractivity contribution in [2.24, 2.45) is 0 Å². The van der Waals surface area contributed by atoms with Gasteiger partial charge in [0.25, 0.3) is 0 Å². The lowest BCUT2D eigenvalue weighted by Gasteiger charge is -2.13. The predicted molar refractivity (Wildman–Crippen MR) is 79.5 cm³/mol. The molecule has 4 heteroatoms. The fourth-order valence-corrected chi connectivity index (χ4v) is 2.57. The molecule has 4 nitrogen and oxygen atoms in total. The molecule has 0 unspecified atom stereocenters. The Hall–Kier alpha value is -1.26. The molecule has 0 spiro atoms. The molecular formula is C16H25NO3. The Kier molecular flexibility index (Phi) is 6.15. The van der Waals surface area contributed by atoms with E-state index in [2.05, 4.69) is 5.32 Å². The van der Waals surface area contributed by atoms with Crippen LogP contribution >= 0.6 is 0 Å². The Morgan fingerprint density at radius 1 is 1.15 bits per heavy atom. The predicted octanol–water partition coefficient (Wildman–Crippen LogP) is 2.75. The quantitative estimate of drug-likeness (QED) is 0.743. The first kappa shape index (κ1) is 15.1. The van der Waals surface area contributed by atoms with E-state index >= 15 is 0 Å². The van der Waals surface area contributed by atoms with Crippen LogP contribution in [0.4, 0.5) is 0 Å². The van der Waals surface area contributed by atoms with Gasteiger partial charge in [-0.25, -0.2) is 0 Å². The molecule has 0 amide bonds. The van der Waals surface area contributed by atoms with Crippen LogP contribution in [0.1, 0.15) is 31.2 Å². The molecule has 1 aliphatic carbocycles. The summed E-state index contributed by atoms with van der Waals surface area (Å²) >= 11 is 0. The van der Waals surface area contributed by atoms with Crippen molar-refractivity contribution in [3.63, 3.8) is 0 Å². The lowest BCUT2D eigenvalue weighted by atomic mass is 10.2. The van der Waals surface area contributed by atoms with Crippen molar-refractivity contribution >= 4 is 0 Å². The van der Waals surface area contributed by atoms with E-state index in [0.717, 1.165) is 36.8 Å². The Bertz CT molecular complexity index is 403. The molecule has 112 valence electrons. The molecule has 1 saturated carbocycles. The summed E-state index contributed by atoms with van der Waals surface area (Å²) in [6.45, 7) is 2.43. The van der Waals surface area contributed by atoms with Crippen LogP contribution in [0.15, 0.2) is 18.2 Å². The summed E-state index contributed by atoms with van der Waals surface area (Å²) in [5.74, 6) is 1.67. The maximum absolute atomic E-state index is 5.82. The minimum Gasteiger partial charge on any atom is -0.497 e. The van der Waals surface area contributed by atoms with Crippen molar-refractivity contribution in [1.82, 2.24) is 5.32 Å². The third kappa shape index (κ3) is 4.39. The minimum atomic E-state index is 0.493. The monoisotopic (exact) mass is 279 g/mol. The van der Waals surface area contributed by atoms with Gasteiger partial charge in [0.05, 0.1) is 26.9 Å². The minimum absolute atomic E-state index is 0.493. The highest BCUT2D eigenvalue weighted by Gasteiger charge is 2.14. The number of hydrogen-bond donors (Lipinski definition) is 1. The van der Waals surface area contributed by atoms with Gasteiger partial charge >= 0.3 is 0 Å². The van der Waals surface area contributed by atoms with E-state index in [0.29, 0.717) is 6.10 Å². The number of rotatable bonds is 8. The molecule has 1 aromatic rings. The van der Waals surface area contributed by atoms with Gasteiger partial charge in [-0.3, -0.25) is 0 Å². The lowest BCUT2D eigenvalue weighted by Crippen LogP contribution is -2.22. The number of ether oxygens (including phenoxy) is 3. The first-order valence-electron chi connectivity index (χ1n) is 7.36. The average molecular weight is 279 g/mol. The van der Waals surface area contributed by atoms with E-state index in [4.69, 9.17) is 14.2 Å². The number of methoxy groups -OCH3 is 2. The third-order valence-electron chi connectivity index (χ3n) is 3.74. The fourth-order valence-electron chi connectivity index (χ4n) is 2.57. The van der Waals surface area contributed by atoms with Crippen LogP contribution in [-0.2, 0) is 11.3 Å². The molecule has 1 N–H and O–H groups in total. The smallest absolute Gasteiger partial charge is 0.127 e. The summed E-state index contributed by atoms with van der Waals surface area (Å²) in [6.07, 6.45) is 5.59. The molecule has 0 radical (unpaired) electrons. The van der Waals surface area contributed by atoms with E-state index in [1.807, 2.05) is 18.2 Å². The Morgan fingerprint density at radius 3 is 2.65 bits per heavy atom. The van der Waals surface area contributed by atoms with Gasteiger partial charge in [0.15, 0.2) is 0 Å². The summed E-state index contributed by atoms with van der Waals surface area (Å²) in [4.78, 5) is 0. The van der Waals surface area contributed by atoms with Gasteiger partial charge in [-0.05, 0) is 18.9 Å². The zero-order valence-electron chi connectivity index (χ0n) is 12.5. The van der Waals surface area contributed by atoms with Gasteiger partial charge in [0, 0.05) is 24.7 Å². The van der Waals surface area contributed by atoms with Gasteiger partial charge in [0.1, 0.15) is 11.5 Å². The van der Waals surface area contributed by atoms with Crippen LogP contribution in [0.2, 0.25) is 0 Å². The van der Waals surface area contributed by atoms with E-state index in [1.54, 1.807) is 14.2 Å². The highest BCUT2D eigenvalue weighted by Crippen LogP contribution is 2.24. The van der Waals surface area contributed by atoms with E-state index in [-0.39, 0.29) is 0 Å². The molecular weight excluding hydrogens is 254 g/mol. The summed E-state index contributed by atoms with van der Waals surface area (Å²) in [6, 6.07) is 5.89. The largest absolute Gasteiger partial charge is 0.497 e. The zero-order valence-corrected chi connectivity index (χ0v) is 12.5. The van der Waals surface area contributed by atoms with E-state index in [9.17, 15) is 0 Å². The van der Waals surface area contributed by atoms with Crippen molar-refractivity contribution < 1.29 is 14.2 Å². The summed E-state index contributed by atoms with van der Waals surface area (Å²) in [5.41, 5.74) is 1.13. The first-order chi connectivity index (χ1) is 9.83. The van der Waals surface area contributed by atoms with E-state index in [1.165, 1.54) is 25.7 Å². The van der Waals surface area contributed by atoms with Crippen LogP contribution in [0.5, 0.6) is 11.5 Å². The van der Waals surface area contributed by atoms with Gasteiger partial charge in [-0.15, -0.1) is 0 Å². The van der Waals surface area contributed by atoms with Crippen molar-refractivity contribution in [2.75, 3.05) is 27.4 Å². The van der Waals surface area contributed by atoms with Gasteiger partial charge in [0.2, 0.25) is 0 Å². The van der Waals surface area contributed by atoms with E-state index < -0.39 is 0 Å². The van der Waals surface area contributed by atoms with Gasteiger partial charge < -0.3 is 19.5 Å². The standard InChI is InChI=1S/C16H25NO3/c1-18-15-8-7-13(16(11-15)19-2)12-17-9-10-20-14-5-3-4-6-14/h7-8,11,14,17H,3-6,9-10,12H2,1-2H3. The molecule has 20 heavy (non-hydrogen) atoms. The molecule has 0 aliphatic heterocycles. The van der Waals surface area contributed by atoms with Crippen LogP contribution in [0.3, 0.4) is 0 Å². The summed E-state index contributed by atoms with van der Waals surface area (Å²) in [7, 11) is 3.34. The molecule has 0 saturated heterocycles. The molecule has 0 bridgehead atoms. The second kappa shape index (κ2) is 8.12. The number of hydrogen-bond acceptors (Lipinski definition) is 4. The molecule has 1 fully saturated rings. The maximum atomic E-state index is 5.82. The normalized spacial score (nSPS) is 15.5. The molecule has 0 aromatic heterocycles. The Labute approximate surface area is 121 Å². The van der Waals surface area contributed by atoms with Crippen LogP contribution in [-0.4, -0.2) is 33.5 Å². The first-order valence-corrected chi connectivity index (χ1v) is 7.36. The molecule has 2 rings (SSSR count).